The average Bonchev–Trinajstić information content (AvgIpc) is 2.95. The van der Waals surface area contributed by atoms with Gasteiger partial charge in [0.1, 0.15) is 5.76 Å². The Balaban J connectivity index is 1.85. The van der Waals surface area contributed by atoms with Gasteiger partial charge in [0.05, 0.1) is 23.9 Å². The van der Waals surface area contributed by atoms with Gasteiger partial charge < -0.3 is 4.42 Å². The van der Waals surface area contributed by atoms with Crippen LogP contribution in [0.4, 0.5) is 0 Å². The first-order chi connectivity index (χ1) is 10.4. The van der Waals surface area contributed by atoms with Gasteiger partial charge in [-0.1, -0.05) is 31.0 Å². The van der Waals surface area contributed by atoms with Crippen LogP contribution < -0.4 is 0 Å². The first-order valence-corrected chi connectivity index (χ1v) is 7.64. The molecule has 0 unspecified atom stereocenters. The van der Waals surface area contributed by atoms with Crippen LogP contribution in [0.15, 0.2) is 47.1 Å². The van der Waals surface area contributed by atoms with E-state index in [1.807, 2.05) is 24.3 Å². The van der Waals surface area contributed by atoms with E-state index in [9.17, 15) is 5.26 Å². The predicted octanol–water partition coefficient (Wildman–Crippen LogP) is 4.27. The Morgan fingerprint density at radius 2 is 2.05 bits per heavy atom. The van der Waals surface area contributed by atoms with Crippen LogP contribution in [0.2, 0.25) is 0 Å². The summed E-state index contributed by atoms with van der Waals surface area (Å²) in [6.07, 6.45) is 6.60. The molecule has 1 fully saturated rings. The Morgan fingerprint density at radius 1 is 1.14 bits per heavy atom. The van der Waals surface area contributed by atoms with Crippen molar-refractivity contribution in [1.82, 2.24) is 4.90 Å². The van der Waals surface area contributed by atoms with Gasteiger partial charge in [0, 0.05) is 6.54 Å². The van der Waals surface area contributed by atoms with Gasteiger partial charge in [-0.25, -0.2) is 0 Å². The van der Waals surface area contributed by atoms with Gasteiger partial charge in [-0.15, -0.1) is 0 Å². The van der Waals surface area contributed by atoms with Gasteiger partial charge in [-0.2, -0.15) is 5.26 Å². The number of rotatable bonds is 3. The summed E-state index contributed by atoms with van der Waals surface area (Å²) in [6, 6.07) is 14.5. The molecule has 0 amide bonds. The Hall–Kier alpha value is -2.05. The molecule has 1 aromatic carbocycles. The monoisotopic (exact) mass is 280 g/mol. The Kier molecular flexibility index (Phi) is 4.37. The van der Waals surface area contributed by atoms with Gasteiger partial charge in [-0.05, 0) is 43.1 Å². The van der Waals surface area contributed by atoms with Crippen molar-refractivity contribution in [3.63, 3.8) is 0 Å². The van der Waals surface area contributed by atoms with E-state index in [0.717, 1.165) is 36.4 Å². The molecule has 0 spiro atoms. The van der Waals surface area contributed by atoms with Gasteiger partial charge in [-0.3, -0.25) is 4.90 Å². The third-order valence-electron chi connectivity index (χ3n) is 4.25. The zero-order valence-corrected chi connectivity index (χ0v) is 12.2. The second-order valence-corrected chi connectivity index (χ2v) is 5.62. The van der Waals surface area contributed by atoms with Crippen LogP contribution in [0.3, 0.4) is 0 Å². The fourth-order valence-electron chi connectivity index (χ4n) is 3.15. The van der Waals surface area contributed by atoms with Crippen LogP contribution in [-0.2, 0) is 6.54 Å². The highest BCUT2D eigenvalue weighted by Crippen LogP contribution is 2.31. The second kappa shape index (κ2) is 6.60. The van der Waals surface area contributed by atoms with E-state index < -0.39 is 0 Å². The first kappa shape index (κ1) is 13.9. The van der Waals surface area contributed by atoms with Gasteiger partial charge in [0.25, 0.3) is 0 Å². The fraction of sp³-hybridized carbons (Fsp3) is 0.389. The van der Waals surface area contributed by atoms with Crippen molar-refractivity contribution in [2.45, 2.75) is 38.3 Å². The fourth-order valence-corrected chi connectivity index (χ4v) is 3.15. The molecule has 1 aromatic heterocycles. The molecule has 108 valence electrons. The Labute approximate surface area is 125 Å². The molecule has 3 rings (SSSR count). The van der Waals surface area contributed by atoms with Crippen LogP contribution in [0.5, 0.6) is 0 Å². The van der Waals surface area contributed by atoms with Gasteiger partial charge >= 0.3 is 0 Å². The standard InChI is InChI=1S/C18H20N2O/c19-13-15-7-3-4-8-16(15)14-20-11-5-1-2-9-17(20)18-10-6-12-21-18/h3-4,6-8,10,12,17H,1-2,5,9,11,14H2/t17-/m1/s1. The van der Waals surface area contributed by atoms with Crippen molar-refractivity contribution in [1.29, 1.82) is 5.26 Å². The van der Waals surface area contributed by atoms with Gasteiger partial charge in [0.15, 0.2) is 0 Å². The van der Waals surface area contributed by atoms with Crippen LogP contribution in [0.1, 0.15) is 48.6 Å². The molecule has 0 N–H and O–H groups in total. The van der Waals surface area contributed by atoms with E-state index in [0.29, 0.717) is 6.04 Å². The van der Waals surface area contributed by atoms with Crippen LogP contribution in [0, 0.1) is 11.3 Å². The minimum Gasteiger partial charge on any atom is -0.468 e. The normalized spacial score (nSPS) is 19.9. The molecule has 1 aliphatic heterocycles. The molecular formula is C18H20N2O. The summed E-state index contributed by atoms with van der Waals surface area (Å²) >= 11 is 0. The number of nitriles is 1. The van der Waals surface area contributed by atoms with Crippen LogP contribution in [0.25, 0.3) is 0 Å². The van der Waals surface area contributed by atoms with Crippen molar-refractivity contribution in [2.75, 3.05) is 6.54 Å². The molecule has 0 bridgehead atoms. The highest BCUT2D eigenvalue weighted by atomic mass is 16.3. The van der Waals surface area contributed by atoms with Crippen molar-refractivity contribution in [2.24, 2.45) is 0 Å². The van der Waals surface area contributed by atoms with Crippen LogP contribution >= 0.6 is 0 Å². The molecule has 0 saturated carbocycles. The summed E-state index contributed by atoms with van der Waals surface area (Å²) < 4.78 is 5.65. The predicted molar refractivity (Wildman–Crippen MR) is 81.5 cm³/mol. The maximum Gasteiger partial charge on any atom is 0.120 e. The summed E-state index contributed by atoms with van der Waals surface area (Å²) in [5.74, 6) is 1.05. The quantitative estimate of drug-likeness (QED) is 0.843. The third-order valence-corrected chi connectivity index (χ3v) is 4.25. The van der Waals surface area contributed by atoms with E-state index in [-0.39, 0.29) is 0 Å². The molecule has 3 nitrogen and oxygen atoms in total. The molecule has 21 heavy (non-hydrogen) atoms. The number of hydrogen-bond donors (Lipinski definition) is 0. The van der Waals surface area contributed by atoms with E-state index in [4.69, 9.17) is 4.42 Å². The second-order valence-electron chi connectivity index (χ2n) is 5.62. The lowest BCUT2D eigenvalue weighted by Crippen LogP contribution is -2.28. The van der Waals surface area contributed by atoms with E-state index in [1.165, 1.54) is 19.3 Å². The molecule has 0 radical (unpaired) electrons. The zero-order chi connectivity index (χ0) is 14.5. The smallest absolute Gasteiger partial charge is 0.120 e. The highest BCUT2D eigenvalue weighted by molar-refractivity contribution is 5.37. The lowest BCUT2D eigenvalue weighted by Gasteiger charge is -2.28. The lowest BCUT2D eigenvalue weighted by molar-refractivity contribution is 0.169. The Morgan fingerprint density at radius 3 is 2.86 bits per heavy atom. The molecule has 0 aliphatic carbocycles. The van der Waals surface area contributed by atoms with Crippen molar-refractivity contribution in [3.05, 3.63) is 59.5 Å². The SMILES string of the molecule is N#Cc1ccccc1CN1CCCCC[C@@H]1c1ccco1. The third kappa shape index (κ3) is 3.17. The van der Waals surface area contributed by atoms with Gasteiger partial charge in [0.2, 0.25) is 0 Å². The molecule has 3 heteroatoms. The lowest BCUT2D eigenvalue weighted by atomic mass is 10.0. The number of benzene rings is 1. The van der Waals surface area contributed by atoms with Crippen molar-refractivity contribution < 1.29 is 4.42 Å². The number of hydrogen-bond acceptors (Lipinski definition) is 3. The molecule has 2 aromatic rings. The summed E-state index contributed by atoms with van der Waals surface area (Å²) in [6.45, 7) is 1.88. The molecule has 1 aliphatic rings. The van der Waals surface area contributed by atoms with Crippen molar-refractivity contribution >= 4 is 0 Å². The topological polar surface area (TPSA) is 40.2 Å². The van der Waals surface area contributed by atoms with E-state index in [2.05, 4.69) is 23.1 Å². The minimum atomic E-state index is 0.328. The molecule has 2 heterocycles. The summed E-state index contributed by atoms with van der Waals surface area (Å²) in [7, 11) is 0. The van der Waals surface area contributed by atoms with E-state index in [1.54, 1.807) is 6.26 Å². The number of nitrogens with zero attached hydrogens (tertiary/aromatic N) is 2. The first-order valence-electron chi connectivity index (χ1n) is 7.64. The number of likely N-dealkylation sites (tertiary alicyclic amines) is 1. The summed E-state index contributed by atoms with van der Waals surface area (Å²) in [5.41, 5.74) is 1.89. The summed E-state index contributed by atoms with van der Waals surface area (Å²) in [4.78, 5) is 2.46. The minimum absolute atomic E-state index is 0.328. The molecular weight excluding hydrogens is 260 g/mol. The maximum absolute atomic E-state index is 9.27. The van der Waals surface area contributed by atoms with Crippen molar-refractivity contribution in [3.8, 4) is 6.07 Å². The largest absolute Gasteiger partial charge is 0.468 e. The average molecular weight is 280 g/mol. The Bertz CT molecular complexity index is 612. The maximum atomic E-state index is 9.27. The highest BCUT2D eigenvalue weighted by Gasteiger charge is 2.25. The zero-order valence-electron chi connectivity index (χ0n) is 12.2. The van der Waals surface area contributed by atoms with E-state index >= 15 is 0 Å². The molecule has 1 atom stereocenters. The number of furan rings is 1. The van der Waals surface area contributed by atoms with Crippen LogP contribution in [-0.4, -0.2) is 11.4 Å². The molecule has 1 saturated heterocycles. The summed E-state index contributed by atoms with van der Waals surface area (Å²) in [5, 5.41) is 9.27.